The maximum absolute atomic E-state index is 5.73. The summed E-state index contributed by atoms with van der Waals surface area (Å²) in [5.74, 6) is 2.50. The van der Waals surface area contributed by atoms with Crippen molar-refractivity contribution in [1.82, 2.24) is 14.8 Å². The lowest BCUT2D eigenvalue weighted by Gasteiger charge is -2.13. The molecule has 0 amide bonds. The molecule has 0 bridgehead atoms. The minimum Gasteiger partial charge on any atom is -0.330 e. The molecule has 1 saturated carbocycles. The molecule has 2 rings (SSSR count). The molecule has 1 unspecified atom stereocenters. The van der Waals surface area contributed by atoms with Crippen LogP contribution in [0.3, 0.4) is 0 Å². The van der Waals surface area contributed by atoms with Crippen molar-refractivity contribution in [3.8, 4) is 0 Å². The summed E-state index contributed by atoms with van der Waals surface area (Å²) < 4.78 is 2.28. The molecule has 1 aromatic heterocycles. The van der Waals surface area contributed by atoms with Crippen LogP contribution in [0.2, 0.25) is 0 Å². The first-order valence-corrected chi connectivity index (χ1v) is 5.39. The Morgan fingerprint density at radius 2 is 2.21 bits per heavy atom. The molecule has 4 heteroatoms. The topological polar surface area (TPSA) is 56.7 Å². The molecule has 1 heterocycles. The van der Waals surface area contributed by atoms with Crippen molar-refractivity contribution in [2.24, 2.45) is 5.73 Å². The van der Waals surface area contributed by atoms with Gasteiger partial charge in [0.2, 0.25) is 0 Å². The zero-order valence-corrected chi connectivity index (χ0v) is 8.90. The molecule has 1 aliphatic carbocycles. The first kappa shape index (κ1) is 9.65. The summed E-state index contributed by atoms with van der Waals surface area (Å²) in [5, 5.41) is 8.40. The molecule has 0 spiro atoms. The summed E-state index contributed by atoms with van der Waals surface area (Å²) in [6, 6.07) is 0.653. The van der Waals surface area contributed by atoms with Crippen molar-refractivity contribution in [2.75, 3.05) is 6.54 Å². The Morgan fingerprint density at radius 1 is 1.50 bits per heavy atom. The van der Waals surface area contributed by atoms with Gasteiger partial charge in [0.25, 0.3) is 0 Å². The molecular formula is C10H18N4. The predicted molar refractivity (Wildman–Crippen MR) is 55.1 cm³/mol. The Hall–Kier alpha value is -0.900. The third-order valence-corrected chi connectivity index (χ3v) is 2.95. The van der Waals surface area contributed by atoms with E-state index >= 15 is 0 Å². The molecule has 0 radical (unpaired) electrons. The second-order valence-corrected chi connectivity index (χ2v) is 4.05. The molecule has 14 heavy (non-hydrogen) atoms. The van der Waals surface area contributed by atoms with E-state index in [-0.39, 0.29) is 0 Å². The lowest BCUT2D eigenvalue weighted by Crippen LogP contribution is -2.17. The Kier molecular flexibility index (Phi) is 2.54. The zero-order valence-electron chi connectivity index (χ0n) is 8.90. The zero-order chi connectivity index (χ0) is 10.1. The lowest BCUT2D eigenvalue weighted by atomic mass is 10.1. The van der Waals surface area contributed by atoms with Crippen LogP contribution in [0.1, 0.15) is 49.8 Å². The summed E-state index contributed by atoms with van der Waals surface area (Å²) >= 11 is 0. The van der Waals surface area contributed by atoms with Crippen LogP contribution in [0.5, 0.6) is 0 Å². The van der Waals surface area contributed by atoms with E-state index in [1.165, 1.54) is 12.8 Å². The second-order valence-electron chi connectivity index (χ2n) is 4.05. The van der Waals surface area contributed by atoms with Gasteiger partial charge >= 0.3 is 0 Å². The van der Waals surface area contributed by atoms with Crippen LogP contribution in [-0.2, 0) is 0 Å². The van der Waals surface area contributed by atoms with Gasteiger partial charge in [0.15, 0.2) is 0 Å². The lowest BCUT2D eigenvalue weighted by molar-refractivity contribution is 0.566. The van der Waals surface area contributed by atoms with Crippen LogP contribution in [0.15, 0.2) is 0 Å². The van der Waals surface area contributed by atoms with Gasteiger partial charge < -0.3 is 10.3 Å². The third kappa shape index (κ3) is 1.54. The summed E-state index contributed by atoms with van der Waals surface area (Å²) in [6.07, 6.45) is 3.58. The van der Waals surface area contributed by atoms with Crippen molar-refractivity contribution < 1.29 is 0 Å². The number of aromatic nitrogens is 3. The molecule has 1 aliphatic rings. The third-order valence-electron chi connectivity index (χ3n) is 2.95. The van der Waals surface area contributed by atoms with E-state index < -0.39 is 0 Å². The van der Waals surface area contributed by atoms with Crippen LogP contribution in [0.4, 0.5) is 0 Å². The monoisotopic (exact) mass is 194 g/mol. The molecule has 78 valence electrons. The molecular weight excluding hydrogens is 176 g/mol. The van der Waals surface area contributed by atoms with E-state index in [0.717, 1.165) is 18.1 Å². The number of rotatable bonds is 4. The number of hydrogen-bond donors (Lipinski definition) is 1. The second kappa shape index (κ2) is 3.69. The van der Waals surface area contributed by atoms with Crippen LogP contribution >= 0.6 is 0 Å². The van der Waals surface area contributed by atoms with Gasteiger partial charge in [0.1, 0.15) is 11.6 Å². The van der Waals surface area contributed by atoms with Gasteiger partial charge in [0, 0.05) is 18.5 Å². The van der Waals surface area contributed by atoms with Gasteiger partial charge in [-0.15, -0.1) is 10.2 Å². The van der Waals surface area contributed by atoms with E-state index in [0.29, 0.717) is 18.5 Å². The quantitative estimate of drug-likeness (QED) is 0.787. The maximum Gasteiger partial charge on any atom is 0.137 e. The predicted octanol–water partition coefficient (Wildman–Crippen LogP) is 1.37. The Balaban J connectivity index is 2.31. The van der Waals surface area contributed by atoms with Crippen LogP contribution in [-0.4, -0.2) is 21.3 Å². The van der Waals surface area contributed by atoms with E-state index in [9.17, 15) is 0 Å². The number of nitrogens with zero attached hydrogens (tertiary/aromatic N) is 3. The minimum absolute atomic E-state index is 0.372. The largest absolute Gasteiger partial charge is 0.330 e. The average molecular weight is 194 g/mol. The highest BCUT2D eigenvalue weighted by Gasteiger charge is 2.30. The van der Waals surface area contributed by atoms with Crippen molar-refractivity contribution in [3.05, 3.63) is 11.6 Å². The maximum atomic E-state index is 5.73. The fourth-order valence-electron chi connectivity index (χ4n) is 1.90. The highest BCUT2D eigenvalue weighted by Crippen LogP contribution is 2.38. The Morgan fingerprint density at radius 3 is 2.71 bits per heavy atom. The SMILES string of the molecule is CCC(CN)c1nnc(C)n1C1CC1. The highest BCUT2D eigenvalue weighted by molar-refractivity contribution is 5.06. The van der Waals surface area contributed by atoms with E-state index in [1.54, 1.807) is 0 Å². The molecule has 1 atom stereocenters. The van der Waals surface area contributed by atoms with Crippen molar-refractivity contribution in [3.63, 3.8) is 0 Å². The summed E-state index contributed by atoms with van der Waals surface area (Å²) in [4.78, 5) is 0. The van der Waals surface area contributed by atoms with Crippen LogP contribution < -0.4 is 5.73 Å². The van der Waals surface area contributed by atoms with Gasteiger partial charge in [-0.1, -0.05) is 6.92 Å². The number of nitrogens with two attached hydrogens (primary N) is 1. The van der Waals surface area contributed by atoms with E-state index in [2.05, 4.69) is 21.7 Å². The molecule has 0 aliphatic heterocycles. The van der Waals surface area contributed by atoms with Crippen LogP contribution in [0.25, 0.3) is 0 Å². The molecule has 4 nitrogen and oxygen atoms in total. The Labute approximate surface area is 84.5 Å². The average Bonchev–Trinajstić information content (AvgIpc) is 2.95. The van der Waals surface area contributed by atoms with Gasteiger partial charge in [-0.3, -0.25) is 0 Å². The van der Waals surface area contributed by atoms with Crippen molar-refractivity contribution in [1.29, 1.82) is 0 Å². The summed E-state index contributed by atoms with van der Waals surface area (Å²) in [7, 11) is 0. The van der Waals surface area contributed by atoms with E-state index in [4.69, 9.17) is 5.73 Å². The molecule has 1 fully saturated rings. The molecule has 0 saturated heterocycles. The smallest absolute Gasteiger partial charge is 0.137 e. The van der Waals surface area contributed by atoms with Gasteiger partial charge in [0.05, 0.1) is 0 Å². The van der Waals surface area contributed by atoms with Crippen LogP contribution in [0, 0.1) is 6.92 Å². The van der Waals surface area contributed by atoms with Crippen molar-refractivity contribution >= 4 is 0 Å². The minimum atomic E-state index is 0.372. The molecule has 2 N–H and O–H groups in total. The van der Waals surface area contributed by atoms with Gasteiger partial charge in [-0.2, -0.15) is 0 Å². The normalized spacial score (nSPS) is 18.5. The first-order chi connectivity index (χ1) is 6.77. The van der Waals surface area contributed by atoms with Crippen molar-refractivity contribution in [2.45, 2.75) is 45.1 Å². The first-order valence-electron chi connectivity index (χ1n) is 5.39. The Bertz CT molecular complexity index is 310. The summed E-state index contributed by atoms with van der Waals surface area (Å²) in [6.45, 7) is 4.85. The number of aryl methyl sites for hydroxylation is 1. The fourth-order valence-corrected chi connectivity index (χ4v) is 1.90. The van der Waals surface area contributed by atoms with Gasteiger partial charge in [-0.25, -0.2) is 0 Å². The van der Waals surface area contributed by atoms with Gasteiger partial charge in [-0.05, 0) is 26.2 Å². The highest BCUT2D eigenvalue weighted by atomic mass is 15.3. The molecule has 0 aromatic carbocycles. The fraction of sp³-hybridized carbons (Fsp3) is 0.800. The molecule has 1 aromatic rings. The number of hydrogen-bond acceptors (Lipinski definition) is 3. The summed E-state index contributed by atoms with van der Waals surface area (Å²) in [5.41, 5.74) is 5.73. The van der Waals surface area contributed by atoms with E-state index in [1.807, 2.05) is 6.92 Å². The standard InChI is InChI=1S/C10H18N4/c1-3-8(6-11)10-13-12-7(2)14(10)9-4-5-9/h8-9H,3-6,11H2,1-2H3.